The van der Waals surface area contributed by atoms with Crippen molar-refractivity contribution in [2.45, 2.75) is 113 Å². The Balaban J connectivity index is 3.03. The Morgan fingerprint density at radius 3 is 2.32 bits per heavy atom. The second-order valence-electron chi connectivity index (χ2n) is 9.51. The third-order valence-corrected chi connectivity index (χ3v) is 7.80. The monoisotopic (exact) mass is 346 g/mol. The van der Waals surface area contributed by atoms with Crippen LogP contribution in [0.1, 0.15) is 113 Å². The molecule has 25 heavy (non-hydrogen) atoms. The van der Waals surface area contributed by atoms with Crippen LogP contribution in [0.3, 0.4) is 0 Å². The second kappa shape index (κ2) is 9.98. The standard InChI is InChI=1S/C25H46/c1-9-22-19-20(5)23(16-18-24(7,8)10-2)15-13-14-17-25(11-3,12-4)21(22)6/h10,21-22H,2,9,11-19H2,1,3-8H3/b23-20+. The summed E-state index contributed by atoms with van der Waals surface area (Å²) in [5, 5.41) is 0. The first-order chi connectivity index (χ1) is 11.7. The number of hydrogen-bond donors (Lipinski definition) is 0. The molecule has 2 unspecified atom stereocenters. The molecule has 0 amide bonds. The van der Waals surface area contributed by atoms with Crippen LogP contribution in [0.4, 0.5) is 0 Å². The van der Waals surface area contributed by atoms with Crippen LogP contribution >= 0.6 is 0 Å². The van der Waals surface area contributed by atoms with E-state index >= 15 is 0 Å². The summed E-state index contributed by atoms with van der Waals surface area (Å²) in [4.78, 5) is 0. The highest BCUT2D eigenvalue weighted by molar-refractivity contribution is 5.15. The highest BCUT2D eigenvalue weighted by atomic mass is 14.4. The van der Waals surface area contributed by atoms with Crippen molar-refractivity contribution in [3.05, 3.63) is 23.8 Å². The summed E-state index contributed by atoms with van der Waals surface area (Å²) in [7, 11) is 0. The van der Waals surface area contributed by atoms with Crippen molar-refractivity contribution < 1.29 is 0 Å². The number of rotatable bonds is 7. The van der Waals surface area contributed by atoms with E-state index in [1.807, 2.05) is 0 Å². The molecule has 2 atom stereocenters. The Morgan fingerprint density at radius 1 is 1.16 bits per heavy atom. The molecule has 0 nitrogen and oxygen atoms in total. The van der Waals surface area contributed by atoms with Gasteiger partial charge in [-0.3, -0.25) is 0 Å². The van der Waals surface area contributed by atoms with Gasteiger partial charge in [0.25, 0.3) is 0 Å². The van der Waals surface area contributed by atoms with Gasteiger partial charge in [-0.2, -0.15) is 0 Å². The third-order valence-electron chi connectivity index (χ3n) is 7.80. The van der Waals surface area contributed by atoms with Gasteiger partial charge in [0.1, 0.15) is 0 Å². The van der Waals surface area contributed by atoms with Crippen molar-refractivity contribution in [2.75, 3.05) is 0 Å². The molecule has 1 aliphatic carbocycles. The van der Waals surface area contributed by atoms with Crippen LogP contribution in [-0.4, -0.2) is 0 Å². The van der Waals surface area contributed by atoms with E-state index in [2.05, 4.69) is 61.1 Å². The minimum atomic E-state index is 0.264. The normalized spacial score (nSPS) is 28.6. The molecule has 0 fully saturated rings. The maximum atomic E-state index is 4.03. The number of hydrogen-bond acceptors (Lipinski definition) is 0. The lowest BCUT2D eigenvalue weighted by atomic mass is 9.62. The summed E-state index contributed by atoms with van der Waals surface area (Å²) in [5.74, 6) is 1.69. The summed E-state index contributed by atoms with van der Waals surface area (Å²) in [6.45, 7) is 21.0. The predicted octanol–water partition coefficient (Wildman–Crippen LogP) is 8.73. The predicted molar refractivity (Wildman–Crippen MR) is 115 cm³/mol. The minimum Gasteiger partial charge on any atom is -0.103 e. The Bertz CT molecular complexity index is 433. The Kier molecular flexibility index (Phi) is 8.99. The molecule has 0 N–H and O–H groups in total. The lowest BCUT2D eigenvalue weighted by Crippen LogP contribution is -2.33. The van der Waals surface area contributed by atoms with Gasteiger partial charge in [0.15, 0.2) is 0 Å². The third kappa shape index (κ3) is 6.00. The Labute approximate surface area is 159 Å². The fourth-order valence-electron chi connectivity index (χ4n) is 5.13. The summed E-state index contributed by atoms with van der Waals surface area (Å²) in [6.07, 6.45) is 15.5. The zero-order valence-electron chi connectivity index (χ0n) is 18.5. The van der Waals surface area contributed by atoms with E-state index in [-0.39, 0.29) is 5.41 Å². The summed E-state index contributed by atoms with van der Waals surface area (Å²) >= 11 is 0. The molecule has 0 bridgehead atoms. The summed E-state index contributed by atoms with van der Waals surface area (Å²) in [5.41, 5.74) is 4.31. The summed E-state index contributed by atoms with van der Waals surface area (Å²) < 4.78 is 0. The molecule has 146 valence electrons. The number of allylic oxidation sites excluding steroid dienone is 3. The molecule has 0 heteroatoms. The van der Waals surface area contributed by atoms with Gasteiger partial charge >= 0.3 is 0 Å². The van der Waals surface area contributed by atoms with Crippen LogP contribution in [0.2, 0.25) is 0 Å². The zero-order chi connectivity index (χ0) is 19.1. The Morgan fingerprint density at radius 2 is 1.80 bits per heavy atom. The van der Waals surface area contributed by atoms with Crippen molar-refractivity contribution in [3.8, 4) is 0 Å². The van der Waals surface area contributed by atoms with Gasteiger partial charge < -0.3 is 0 Å². The van der Waals surface area contributed by atoms with Crippen LogP contribution in [0, 0.1) is 22.7 Å². The molecular weight excluding hydrogens is 300 g/mol. The molecule has 0 spiro atoms. The van der Waals surface area contributed by atoms with Crippen molar-refractivity contribution in [2.24, 2.45) is 22.7 Å². The molecule has 0 heterocycles. The highest BCUT2D eigenvalue weighted by Gasteiger charge is 2.36. The SMILES string of the molecule is C=CC(C)(C)CC/C1=C(\C)CC(CC)C(C)C(CC)(CC)CCCC1. The van der Waals surface area contributed by atoms with Gasteiger partial charge in [-0.1, -0.05) is 84.4 Å². The molecule has 0 aromatic carbocycles. The molecule has 0 aromatic heterocycles. The maximum absolute atomic E-state index is 4.03. The molecule has 1 aliphatic rings. The molecule has 0 aliphatic heterocycles. The van der Waals surface area contributed by atoms with Crippen molar-refractivity contribution in [1.29, 1.82) is 0 Å². The van der Waals surface area contributed by atoms with Crippen LogP contribution in [0.25, 0.3) is 0 Å². The highest BCUT2D eigenvalue weighted by Crippen LogP contribution is 2.47. The van der Waals surface area contributed by atoms with Crippen molar-refractivity contribution >= 4 is 0 Å². The van der Waals surface area contributed by atoms with Gasteiger partial charge in [0.05, 0.1) is 0 Å². The first-order valence-corrected chi connectivity index (χ1v) is 11.1. The first kappa shape index (κ1) is 22.5. The fraction of sp³-hybridized carbons (Fsp3) is 0.840. The van der Waals surface area contributed by atoms with Gasteiger partial charge in [-0.05, 0) is 68.1 Å². The molecule has 0 saturated carbocycles. The van der Waals surface area contributed by atoms with Crippen LogP contribution in [-0.2, 0) is 0 Å². The molecule has 0 saturated heterocycles. The van der Waals surface area contributed by atoms with E-state index in [9.17, 15) is 0 Å². The molecule has 0 aromatic rings. The summed E-state index contributed by atoms with van der Waals surface area (Å²) in [6, 6.07) is 0. The van der Waals surface area contributed by atoms with Crippen LogP contribution in [0.5, 0.6) is 0 Å². The van der Waals surface area contributed by atoms with E-state index in [1.54, 1.807) is 11.1 Å². The lowest BCUT2D eigenvalue weighted by Gasteiger charge is -2.43. The molecule has 1 rings (SSSR count). The largest absolute Gasteiger partial charge is 0.103 e. The van der Waals surface area contributed by atoms with E-state index in [4.69, 9.17) is 0 Å². The minimum absolute atomic E-state index is 0.264. The average Bonchev–Trinajstić information content (AvgIpc) is 2.61. The van der Waals surface area contributed by atoms with Gasteiger partial charge in [-0.15, -0.1) is 6.58 Å². The van der Waals surface area contributed by atoms with E-state index in [0.29, 0.717) is 5.41 Å². The van der Waals surface area contributed by atoms with Crippen molar-refractivity contribution in [1.82, 2.24) is 0 Å². The Hall–Kier alpha value is -0.520. The quantitative estimate of drug-likeness (QED) is 0.404. The van der Waals surface area contributed by atoms with Crippen molar-refractivity contribution in [3.63, 3.8) is 0 Å². The second-order valence-corrected chi connectivity index (χ2v) is 9.51. The first-order valence-electron chi connectivity index (χ1n) is 11.1. The fourth-order valence-corrected chi connectivity index (χ4v) is 5.13. The van der Waals surface area contributed by atoms with E-state index < -0.39 is 0 Å². The zero-order valence-corrected chi connectivity index (χ0v) is 18.5. The molecular formula is C25H46. The smallest absolute Gasteiger partial charge is 0.0174 e. The topological polar surface area (TPSA) is 0 Å². The van der Waals surface area contributed by atoms with Crippen LogP contribution < -0.4 is 0 Å². The molecule has 0 radical (unpaired) electrons. The van der Waals surface area contributed by atoms with Gasteiger partial charge in [-0.25, -0.2) is 0 Å². The van der Waals surface area contributed by atoms with Gasteiger partial charge in [0.2, 0.25) is 0 Å². The lowest BCUT2D eigenvalue weighted by molar-refractivity contribution is 0.0821. The maximum Gasteiger partial charge on any atom is -0.0174 e. The average molecular weight is 347 g/mol. The van der Waals surface area contributed by atoms with E-state index in [0.717, 1.165) is 11.8 Å². The van der Waals surface area contributed by atoms with Crippen LogP contribution in [0.15, 0.2) is 23.8 Å². The van der Waals surface area contributed by atoms with E-state index in [1.165, 1.54) is 64.2 Å². The van der Waals surface area contributed by atoms with Gasteiger partial charge in [0, 0.05) is 0 Å².